The number of carboxylic acid groups (broad SMARTS) is 1. The van der Waals surface area contributed by atoms with Crippen molar-refractivity contribution in [3.8, 4) is 0 Å². The third-order valence-electron chi connectivity index (χ3n) is 3.14. The van der Waals surface area contributed by atoms with E-state index in [1.54, 1.807) is 20.8 Å². The Kier molecular flexibility index (Phi) is 4.31. The zero-order valence-corrected chi connectivity index (χ0v) is 12.9. The Bertz CT molecular complexity index is 493. The molecule has 2 N–H and O–H groups in total. The number of carbonyl (C=O) groups excluding carboxylic acids is 3. The van der Waals surface area contributed by atoms with Crippen LogP contribution in [0, 0.1) is 0 Å². The quantitative estimate of drug-likeness (QED) is 0.712. The molecule has 0 saturated carbocycles. The normalized spacial score (nSPS) is 17.7. The van der Waals surface area contributed by atoms with Gasteiger partial charge < -0.3 is 15.3 Å². The van der Waals surface area contributed by atoms with Gasteiger partial charge in [-0.3, -0.25) is 19.3 Å². The number of amides is 4. The van der Waals surface area contributed by atoms with Crippen LogP contribution in [0.25, 0.3) is 0 Å². The first-order chi connectivity index (χ1) is 9.36. The van der Waals surface area contributed by atoms with Gasteiger partial charge in [0.2, 0.25) is 5.91 Å². The SMILES string of the molecule is CC1(C)NC(=O)N(CC(=O)N(CC(=O)O)C(C)(C)C)C1=O. The monoisotopic (exact) mass is 299 g/mol. The second-order valence-corrected chi connectivity index (χ2v) is 6.49. The van der Waals surface area contributed by atoms with Crippen LogP contribution in [-0.4, -0.2) is 62.9 Å². The predicted molar refractivity (Wildman–Crippen MR) is 73.4 cm³/mol. The summed E-state index contributed by atoms with van der Waals surface area (Å²) < 4.78 is 0. The molecule has 8 nitrogen and oxygen atoms in total. The molecule has 1 heterocycles. The minimum Gasteiger partial charge on any atom is -0.480 e. The molecule has 0 aromatic heterocycles. The van der Waals surface area contributed by atoms with Crippen LogP contribution >= 0.6 is 0 Å². The van der Waals surface area contributed by atoms with Gasteiger partial charge in [-0.25, -0.2) is 4.79 Å². The summed E-state index contributed by atoms with van der Waals surface area (Å²) in [6, 6.07) is -0.650. The van der Waals surface area contributed by atoms with Crippen LogP contribution in [-0.2, 0) is 14.4 Å². The minimum absolute atomic E-state index is 0.474. The number of aliphatic carboxylic acids is 1. The molecule has 1 aliphatic heterocycles. The molecule has 1 aliphatic rings. The molecule has 8 heteroatoms. The van der Waals surface area contributed by atoms with Gasteiger partial charge in [0.25, 0.3) is 5.91 Å². The summed E-state index contributed by atoms with van der Waals surface area (Å²) in [7, 11) is 0. The molecule has 21 heavy (non-hydrogen) atoms. The number of nitrogens with zero attached hydrogens (tertiary/aromatic N) is 2. The molecule has 0 radical (unpaired) electrons. The number of urea groups is 1. The molecule has 0 unspecified atom stereocenters. The number of rotatable bonds is 4. The maximum absolute atomic E-state index is 12.3. The Labute approximate surface area is 123 Å². The van der Waals surface area contributed by atoms with E-state index in [0.29, 0.717) is 0 Å². The number of carbonyl (C=O) groups is 4. The Balaban J connectivity index is 2.90. The fourth-order valence-corrected chi connectivity index (χ4v) is 2.02. The third-order valence-corrected chi connectivity index (χ3v) is 3.14. The summed E-state index contributed by atoms with van der Waals surface area (Å²) in [5.41, 5.74) is -1.79. The maximum atomic E-state index is 12.3. The predicted octanol–water partition coefficient (Wildman–Crippen LogP) is 0.0285. The van der Waals surface area contributed by atoms with Crippen molar-refractivity contribution in [1.29, 1.82) is 0 Å². The van der Waals surface area contributed by atoms with Crippen LogP contribution in [0.1, 0.15) is 34.6 Å². The lowest BCUT2D eigenvalue weighted by atomic mass is 10.1. The van der Waals surface area contributed by atoms with Crippen LogP contribution in [0.4, 0.5) is 4.79 Å². The average molecular weight is 299 g/mol. The van der Waals surface area contributed by atoms with Crippen LogP contribution in [0.2, 0.25) is 0 Å². The zero-order valence-electron chi connectivity index (χ0n) is 12.9. The molecule has 1 saturated heterocycles. The average Bonchev–Trinajstić information content (AvgIpc) is 2.46. The van der Waals surface area contributed by atoms with Crippen molar-refractivity contribution >= 4 is 23.8 Å². The number of hydrogen-bond acceptors (Lipinski definition) is 4. The molecule has 4 amide bonds. The van der Waals surface area contributed by atoms with Gasteiger partial charge in [-0.2, -0.15) is 0 Å². The van der Waals surface area contributed by atoms with Crippen LogP contribution < -0.4 is 5.32 Å². The van der Waals surface area contributed by atoms with Gasteiger partial charge in [0, 0.05) is 5.54 Å². The molecule has 0 aromatic rings. The smallest absolute Gasteiger partial charge is 0.325 e. The highest BCUT2D eigenvalue weighted by molar-refractivity contribution is 6.08. The number of carboxylic acids is 1. The van der Waals surface area contributed by atoms with Crippen molar-refractivity contribution in [1.82, 2.24) is 15.1 Å². The second-order valence-electron chi connectivity index (χ2n) is 6.49. The van der Waals surface area contributed by atoms with E-state index in [2.05, 4.69) is 5.32 Å². The molecule has 1 rings (SSSR count). The maximum Gasteiger partial charge on any atom is 0.325 e. The van der Waals surface area contributed by atoms with Crippen LogP contribution in [0.15, 0.2) is 0 Å². The van der Waals surface area contributed by atoms with E-state index in [1.165, 1.54) is 13.8 Å². The molecular weight excluding hydrogens is 278 g/mol. The Morgan fingerprint density at radius 3 is 2.14 bits per heavy atom. The van der Waals surface area contributed by atoms with Crippen molar-refractivity contribution in [3.05, 3.63) is 0 Å². The zero-order chi connectivity index (χ0) is 16.6. The highest BCUT2D eigenvalue weighted by Gasteiger charge is 2.45. The summed E-state index contributed by atoms with van der Waals surface area (Å²) in [6.45, 7) is 7.16. The van der Waals surface area contributed by atoms with E-state index in [4.69, 9.17) is 5.11 Å². The highest BCUT2D eigenvalue weighted by Crippen LogP contribution is 2.18. The Morgan fingerprint density at radius 2 is 1.81 bits per heavy atom. The fraction of sp³-hybridized carbons (Fsp3) is 0.692. The Morgan fingerprint density at radius 1 is 1.29 bits per heavy atom. The lowest BCUT2D eigenvalue weighted by Gasteiger charge is -2.35. The van der Waals surface area contributed by atoms with Gasteiger partial charge >= 0.3 is 12.0 Å². The lowest BCUT2D eigenvalue weighted by Crippen LogP contribution is -2.52. The summed E-state index contributed by atoms with van der Waals surface area (Å²) in [6.07, 6.45) is 0. The largest absolute Gasteiger partial charge is 0.480 e. The van der Waals surface area contributed by atoms with Crippen molar-refractivity contribution in [3.63, 3.8) is 0 Å². The van der Waals surface area contributed by atoms with Gasteiger partial charge in [-0.15, -0.1) is 0 Å². The molecule has 0 spiro atoms. The Hall–Kier alpha value is -2.12. The molecule has 1 fully saturated rings. The molecule has 0 atom stereocenters. The first kappa shape index (κ1) is 16.9. The minimum atomic E-state index is -1.16. The van der Waals surface area contributed by atoms with E-state index in [9.17, 15) is 19.2 Å². The lowest BCUT2D eigenvalue weighted by molar-refractivity contribution is -0.149. The fourth-order valence-electron chi connectivity index (χ4n) is 2.02. The van der Waals surface area contributed by atoms with Gasteiger partial charge in [0.15, 0.2) is 0 Å². The van der Waals surface area contributed by atoms with E-state index in [-0.39, 0.29) is 0 Å². The third kappa shape index (κ3) is 3.71. The molecule has 0 bridgehead atoms. The first-order valence-corrected chi connectivity index (χ1v) is 6.52. The van der Waals surface area contributed by atoms with Gasteiger partial charge in [-0.1, -0.05) is 0 Å². The van der Waals surface area contributed by atoms with E-state index in [0.717, 1.165) is 9.80 Å². The van der Waals surface area contributed by atoms with Crippen LogP contribution in [0.3, 0.4) is 0 Å². The molecule has 0 aromatic carbocycles. The van der Waals surface area contributed by atoms with Gasteiger partial charge in [-0.05, 0) is 34.6 Å². The summed E-state index contributed by atoms with van der Waals surface area (Å²) >= 11 is 0. The molecule has 118 valence electrons. The standard InChI is InChI=1S/C13H21N3O5/c1-12(2,3)16(7-9(18)19)8(17)6-15-10(20)13(4,5)14-11(15)21/h6-7H2,1-5H3,(H,14,21)(H,18,19). The van der Waals surface area contributed by atoms with E-state index in [1.807, 2.05) is 0 Å². The highest BCUT2D eigenvalue weighted by atomic mass is 16.4. The summed E-state index contributed by atoms with van der Waals surface area (Å²) in [5, 5.41) is 11.4. The van der Waals surface area contributed by atoms with E-state index < -0.39 is 48.0 Å². The topological polar surface area (TPSA) is 107 Å². The number of hydrogen-bond donors (Lipinski definition) is 2. The van der Waals surface area contributed by atoms with Crippen LogP contribution in [0.5, 0.6) is 0 Å². The van der Waals surface area contributed by atoms with Gasteiger partial charge in [0.1, 0.15) is 18.6 Å². The van der Waals surface area contributed by atoms with E-state index >= 15 is 0 Å². The summed E-state index contributed by atoms with van der Waals surface area (Å²) in [4.78, 5) is 48.8. The number of imide groups is 1. The van der Waals surface area contributed by atoms with Crippen molar-refractivity contribution < 1.29 is 24.3 Å². The van der Waals surface area contributed by atoms with Crippen molar-refractivity contribution in [2.24, 2.45) is 0 Å². The summed E-state index contributed by atoms with van der Waals surface area (Å²) in [5.74, 6) is -2.26. The molecule has 0 aliphatic carbocycles. The first-order valence-electron chi connectivity index (χ1n) is 6.52. The van der Waals surface area contributed by atoms with Crippen molar-refractivity contribution in [2.75, 3.05) is 13.1 Å². The second kappa shape index (κ2) is 5.34. The number of nitrogens with one attached hydrogen (secondary N) is 1. The molecular formula is C13H21N3O5. The van der Waals surface area contributed by atoms with Gasteiger partial charge in [0.05, 0.1) is 0 Å². The van der Waals surface area contributed by atoms with Crippen molar-refractivity contribution in [2.45, 2.75) is 45.7 Å².